The van der Waals surface area contributed by atoms with Gasteiger partial charge >= 0.3 is 11.9 Å². The van der Waals surface area contributed by atoms with E-state index in [0.29, 0.717) is 24.5 Å². The minimum absolute atomic E-state index is 0. The molecule has 2 unspecified atom stereocenters. The van der Waals surface area contributed by atoms with Crippen LogP contribution in [0.15, 0.2) is 0 Å². The average Bonchev–Trinajstić information content (AvgIpc) is 2.72. The highest BCUT2D eigenvalue weighted by molar-refractivity contribution is 8.93. The Bertz CT molecular complexity index is 420. The van der Waals surface area contributed by atoms with E-state index >= 15 is 0 Å². The highest BCUT2D eigenvalue weighted by atomic mass is 79.9. The third kappa shape index (κ3) is 5.46. The molecular formula is C14H25BrN2O4S. The van der Waals surface area contributed by atoms with Gasteiger partial charge in [0.15, 0.2) is 10.6 Å². The molecule has 1 heterocycles. The zero-order valence-corrected chi connectivity index (χ0v) is 15.7. The molecule has 0 saturated carbocycles. The molecule has 1 saturated heterocycles. The lowest BCUT2D eigenvalue weighted by molar-refractivity contribution is -0.165. The van der Waals surface area contributed by atoms with Gasteiger partial charge in [0.2, 0.25) is 0 Å². The van der Waals surface area contributed by atoms with Crippen LogP contribution in [0.2, 0.25) is 0 Å². The number of hydrogen-bond acceptors (Lipinski definition) is 6. The predicted octanol–water partition coefficient (Wildman–Crippen LogP) is 2.49. The molecule has 0 radical (unpaired) electrons. The largest absolute Gasteiger partial charge is 0.465 e. The van der Waals surface area contributed by atoms with Crippen molar-refractivity contribution in [3.8, 4) is 0 Å². The van der Waals surface area contributed by atoms with Gasteiger partial charge in [-0.05, 0) is 25.7 Å². The molecule has 0 aromatic rings. The number of nitrogens with one attached hydrogen (secondary N) is 1. The third-order valence-corrected chi connectivity index (χ3v) is 4.33. The van der Waals surface area contributed by atoms with Crippen molar-refractivity contribution in [1.82, 2.24) is 0 Å². The molecule has 1 fully saturated rings. The fraction of sp³-hybridized carbons (Fsp3) is 0.786. The Labute approximate surface area is 146 Å². The number of ether oxygens (including phenoxy) is 2. The molecule has 1 rings (SSSR count). The zero-order valence-electron chi connectivity index (χ0n) is 13.2. The number of amidine groups is 1. The van der Waals surface area contributed by atoms with Gasteiger partial charge in [0.05, 0.1) is 6.61 Å². The van der Waals surface area contributed by atoms with Crippen molar-refractivity contribution < 1.29 is 19.1 Å². The first-order valence-electron chi connectivity index (χ1n) is 7.17. The molecule has 3 N–H and O–H groups in total. The van der Waals surface area contributed by atoms with Gasteiger partial charge in [0.25, 0.3) is 0 Å². The molecule has 0 bridgehead atoms. The summed E-state index contributed by atoms with van der Waals surface area (Å²) in [5.41, 5.74) is 4.10. The first-order chi connectivity index (χ1) is 9.81. The van der Waals surface area contributed by atoms with Gasteiger partial charge in [-0.15, -0.1) is 17.0 Å². The summed E-state index contributed by atoms with van der Waals surface area (Å²) in [5, 5.41) is 7.18. The van der Waals surface area contributed by atoms with E-state index in [9.17, 15) is 9.59 Å². The Hall–Kier alpha value is -0.760. The molecule has 22 heavy (non-hydrogen) atoms. The summed E-state index contributed by atoms with van der Waals surface area (Å²) in [5.74, 6) is -0.222. The van der Waals surface area contributed by atoms with Crippen LogP contribution >= 0.6 is 28.7 Å². The number of carbonyl (C=O) groups excluding carboxylic acids is 2. The van der Waals surface area contributed by atoms with Crippen LogP contribution < -0.4 is 5.73 Å². The van der Waals surface area contributed by atoms with Crippen LogP contribution in [0.1, 0.15) is 40.0 Å². The maximum Gasteiger partial charge on any atom is 0.323 e. The highest BCUT2D eigenvalue weighted by Crippen LogP contribution is 2.41. The number of nitrogens with two attached hydrogens (primary N) is 1. The van der Waals surface area contributed by atoms with E-state index in [1.165, 1.54) is 0 Å². The Kier molecular flexibility index (Phi) is 9.07. The van der Waals surface area contributed by atoms with Gasteiger partial charge in [-0.3, -0.25) is 15.0 Å². The number of carbonyl (C=O) groups is 2. The second-order valence-corrected chi connectivity index (χ2v) is 6.70. The number of rotatable bonds is 7. The lowest BCUT2D eigenvalue weighted by Crippen LogP contribution is -2.38. The van der Waals surface area contributed by atoms with Gasteiger partial charge in [0, 0.05) is 12.2 Å². The van der Waals surface area contributed by atoms with Crippen molar-refractivity contribution in [2.75, 3.05) is 12.4 Å². The molecule has 0 aromatic carbocycles. The molecule has 0 aliphatic carbocycles. The Balaban J connectivity index is 0.00000441. The van der Waals surface area contributed by atoms with Gasteiger partial charge < -0.3 is 15.2 Å². The SMILES string of the molecule is Br.CCOC(=O)C1(CCC(C)C)CC(CSC(=N)N)OC1=O. The van der Waals surface area contributed by atoms with Crippen molar-refractivity contribution in [3.05, 3.63) is 0 Å². The maximum atomic E-state index is 12.3. The quantitative estimate of drug-likeness (QED) is 0.296. The van der Waals surface area contributed by atoms with Crippen molar-refractivity contribution in [3.63, 3.8) is 0 Å². The molecule has 0 amide bonds. The molecule has 8 heteroatoms. The molecule has 128 valence electrons. The molecule has 2 atom stereocenters. The normalized spacial score (nSPS) is 23.8. The van der Waals surface area contributed by atoms with E-state index in [0.717, 1.165) is 18.2 Å². The summed E-state index contributed by atoms with van der Waals surface area (Å²) in [7, 11) is 0. The van der Waals surface area contributed by atoms with Crippen LogP contribution in [0.3, 0.4) is 0 Å². The van der Waals surface area contributed by atoms with Gasteiger partial charge in [-0.1, -0.05) is 25.6 Å². The van der Waals surface area contributed by atoms with Crippen molar-refractivity contribution in [2.24, 2.45) is 17.1 Å². The van der Waals surface area contributed by atoms with Crippen molar-refractivity contribution >= 4 is 45.8 Å². The lowest BCUT2D eigenvalue weighted by atomic mass is 9.79. The molecule has 0 aromatic heterocycles. The minimum atomic E-state index is -1.19. The molecule has 1 aliphatic rings. The number of esters is 2. The van der Waals surface area contributed by atoms with Gasteiger partial charge in [0.1, 0.15) is 6.10 Å². The van der Waals surface area contributed by atoms with E-state index in [2.05, 4.69) is 0 Å². The zero-order chi connectivity index (χ0) is 16.0. The number of halogens is 1. The second kappa shape index (κ2) is 9.39. The second-order valence-electron chi connectivity index (χ2n) is 5.64. The number of hydrogen-bond donors (Lipinski definition) is 2. The van der Waals surface area contributed by atoms with E-state index < -0.39 is 23.5 Å². The summed E-state index contributed by atoms with van der Waals surface area (Å²) in [6.07, 6.45) is 1.09. The van der Waals surface area contributed by atoms with Gasteiger partial charge in [-0.25, -0.2) is 0 Å². The Morgan fingerprint density at radius 2 is 2.23 bits per heavy atom. The Morgan fingerprint density at radius 1 is 1.59 bits per heavy atom. The first-order valence-corrected chi connectivity index (χ1v) is 8.15. The van der Waals surface area contributed by atoms with Crippen LogP contribution in [-0.4, -0.2) is 35.6 Å². The highest BCUT2D eigenvalue weighted by Gasteiger charge is 2.55. The molecule has 6 nitrogen and oxygen atoms in total. The van der Waals surface area contributed by atoms with Crippen molar-refractivity contribution in [1.29, 1.82) is 5.41 Å². The van der Waals surface area contributed by atoms with Crippen LogP contribution in [0, 0.1) is 16.7 Å². The van der Waals surface area contributed by atoms with Crippen LogP contribution in [0.5, 0.6) is 0 Å². The fourth-order valence-electron chi connectivity index (χ4n) is 2.33. The number of thioether (sulfide) groups is 1. The first kappa shape index (κ1) is 21.2. The van der Waals surface area contributed by atoms with Crippen LogP contribution in [0.25, 0.3) is 0 Å². The summed E-state index contributed by atoms with van der Waals surface area (Å²) in [6.45, 7) is 6.05. The maximum absolute atomic E-state index is 12.3. The van der Waals surface area contributed by atoms with Crippen molar-refractivity contribution in [2.45, 2.75) is 46.1 Å². The van der Waals surface area contributed by atoms with E-state index in [4.69, 9.17) is 20.6 Å². The topological polar surface area (TPSA) is 102 Å². The third-order valence-electron chi connectivity index (χ3n) is 3.48. The van der Waals surface area contributed by atoms with E-state index in [1.54, 1.807) is 6.92 Å². The molecular weight excluding hydrogens is 372 g/mol. The summed E-state index contributed by atoms with van der Waals surface area (Å²) in [4.78, 5) is 24.5. The fourth-order valence-corrected chi connectivity index (χ4v) is 2.88. The predicted molar refractivity (Wildman–Crippen MR) is 92.3 cm³/mol. The summed E-state index contributed by atoms with van der Waals surface area (Å²) >= 11 is 1.11. The average molecular weight is 397 g/mol. The Morgan fingerprint density at radius 3 is 2.73 bits per heavy atom. The summed E-state index contributed by atoms with van der Waals surface area (Å²) in [6, 6.07) is 0. The van der Waals surface area contributed by atoms with Crippen LogP contribution in [-0.2, 0) is 19.1 Å². The lowest BCUT2D eigenvalue weighted by Gasteiger charge is -2.23. The number of cyclic esters (lactones) is 1. The standard InChI is InChI=1S/C14H24N2O4S.BrH/c1-4-19-11(17)14(6-5-9(2)3)7-10(20-12(14)18)8-21-13(15)16;/h9-10H,4-8H2,1-3H3,(H3,15,16);1H. The molecule has 1 aliphatic heterocycles. The monoisotopic (exact) mass is 396 g/mol. The smallest absolute Gasteiger partial charge is 0.323 e. The van der Waals surface area contributed by atoms with E-state index in [-0.39, 0.29) is 28.8 Å². The van der Waals surface area contributed by atoms with E-state index in [1.807, 2.05) is 13.8 Å². The summed E-state index contributed by atoms with van der Waals surface area (Å²) < 4.78 is 10.4. The molecule has 0 spiro atoms. The minimum Gasteiger partial charge on any atom is -0.465 e. The van der Waals surface area contributed by atoms with Crippen LogP contribution in [0.4, 0.5) is 0 Å². The van der Waals surface area contributed by atoms with Gasteiger partial charge in [-0.2, -0.15) is 0 Å².